The summed E-state index contributed by atoms with van der Waals surface area (Å²) < 4.78 is 0. The highest BCUT2D eigenvalue weighted by atomic mass is 16.5. The molecule has 1 aliphatic heterocycles. The van der Waals surface area contributed by atoms with E-state index in [0.29, 0.717) is 18.6 Å². The third kappa shape index (κ3) is 1.84. The van der Waals surface area contributed by atoms with Crippen molar-refractivity contribution in [3.8, 4) is 0 Å². The van der Waals surface area contributed by atoms with Gasteiger partial charge in [-0.25, -0.2) is 0 Å². The highest BCUT2D eigenvalue weighted by molar-refractivity contribution is 5.86. The molecule has 1 fully saturated rings. The van der Waals surface area contributed by atoms with Gasteiger partial charge in [0.1, 0.15) is 0 Å². The Kier molecular flexibility index (Phi) is 2.38. The molecule has 13 heavy (non-hydrogen) atoms. The van der Waals surface area contributed by atoms with Crippen molar-refractivity contribution in [2.24, 2.45) is 5.16 Å². The van der Waals surface area contributed by atoms with Gasteiger partial charge in [0, 0.05) is 23.9 Å². The van der Waals surface area contributed by atoms with Crippen LogP contribution in [0.15, 0.2) is 5.16 Å². The summed E-state index contributed by atoms with van der Waals surface area (Å²) in [4.78, 5) is 0. The largest absolute Gasteiger partial charge is 0.411 e. The van der Waals surface area contributed by atoms with Crippen molar-refractivity contribution < 1.29 is 10.4 Å². The third-order valence-electron chi connectivity index (χ3n) is 2.51. The maximum Gasteiger partial charge on any atom is 0.0609 e. The van der Waals surface area contributed by atoms with Gasteiger partial charge >= 0.3 is 0 Å². The fourth-order valence-electron chi connectivity index (χ4n) is 2.09. The molecule has 0 spiro atoms. The van der Waals surface area contributed by atoms with Gasteiger partial charge in [-0.05, 0) is 27.7 Å². The molecule has 1 saturated heterocycles. The number of oxime groups is 1. The Morgan fingerprint density at radius 1 is 1.23 bits per heavy atom. The summed E-state index contributed by atoms with van der Waals surface area (Å²) in [6, 6.07) is 0. The van der Waals surface area contributed by atoms with Crippen LogP contribution >= 0.6 is 0 Å². The van der Waals surface area contributed by atoms with Crippen molar-refractivity contribution in [2.75, 3.05) is 0 Å². The van der Waals surface area contributed by atoms with Crippen molar-refractivity contribution in [1.29, 1.82) is 0 Å². The smallest absolute Gasteiger partial charge is 0.0609 e. The Morgan fingerprint density at radius 3 is 1.92 bits per heavy atom. The van der Waals surface area contributed by atoms with Crippen LogP contribution in [0.3, 0.4) is 0 Å². The zero-order chi connectivity index (χ0) is 10.3. The average Bonchev–Trinajstić information content (AvgIpc) is 1.99. The first-order valence-electron chi connectivity index (χ1n) is 4.47. The van der Waals surface area contributed by atoms with Crippen molar-refractivity contribution in [3.05, 3.63) is 0 Å². The van der Waals surface area contributed by atoms with Crippen LogP contribution in [0.25, 0.3) is 0 Å². The van der Waals surface area contributed by atoms with Crippen LogP contribution in [0.4, 0.5) is 0 Å². The summed E-state index contributed by atoms with van der Waals surface area (Å²) in [7, 11) is 0. The molecule has 0 unspecified atom stereocenters. The van der Waals surface area contributed by atoms with Gasteiger partial charge in [-0.1, -0.05) is 5.16 Å². The lowest BCUT2D eigenvalue weighted by Crippen LogP contribution is -2.58. The molecule has 0 atom stereocenters. The van der Waals surface area contributed by atoms with Gasteiger partial charge in [-0.3, -0.25) is 0 Å². The van der Waals surface area contributed by atoms with E-state index >= 15 is 0 Å². The van der Waals surface area contributed by atoms with Crippen LogP contribution in [0.1, 0.15) is 40.5 Å². The van der Waals surface area contributed by atoms with Crippen LogP contribution in [-0.4, -0.2) is 27.1 Å². The average molecular weight is 185 g/mol. The van der Waals surface area contributed by atoms with Crippen LogP contribution in [-0.2, 0) is 5.21 Å². The van der Waals surface area contributed by atoms with Gasteiger partial charge in [-0.15, -0.1) is 10.3 Å². The van der Waals surface area contributed by atoms with E-state index in [1.54, 1.807) is 0 Å². The van der Waals surface area contributed by atoms with Gasteiger partial charge < -0.3 is 5.21 Å². The van der Waals surface area contributed by atoms with Gasteiger partial charge in [-0.2, -0.15) is 0 Å². The Hall–Kier alpha value is -0.610. The highest BCUT2D eigenvalue weighted by Crippen LogP contribution is 2.35. The second-order valence-corrected chi connectivity index (χ2v) is 4.94. The van der Waals surface area contributed by atoms with Crippen LogP contribution < -0.4 is 0 Å². The quantitative estimate of drug-likeness (QED) is 0.462. The monoisotopic (exact) mass is 185 g/mol. The SMILES string of the molecule is CC1(C)CC(=NO)CC(C)(C)N1[O]. The molecule has 0 bridgehead atoms. The molecular weight excluding hydrogens is 168 g/mol. The molecule has 4 heteroatoms. The molecule has 4 nitrogen and oxygen atoms in total. The van der Waals surface area contributed by atoms with Crippen molar-refractivity contribution in [3.63, 3.8) is 0 Å². The number of hydrogen-bond donors (Lipinski definition) is 1. The fourth-order valence-corrected chi connectivity index (χ4v) is 2.09. The Labute approximate surface area is 78.8 Å². The Balaban J connectivity index is 2.95. The zero-order valence-electron chi connectivity index (χ0n) is 8.66. The molecule has 1 rings (SSSR count). The molecule has 1 radical (unpaired) electrons. The molecule has 0 aromatic rings. The maximum atomic E-state index is 11.8. The molecule has 1 heterocycles. The first kappa shape index (κ1) is 10.5. The Bertz CT molecular complexity index is 214. The van der Waals surface area contributed by atoms with E-state index in [1.807, 2.05) is 27.7 Å². The summed E-state index contributed by atoms with van der Waals surface area (Å²) in [6.07, 6.45) is 1.08. The van der Waals surface area contributed by atoms with Crippen molar-refractivity contribution in [1.82, 2.24) is 5.06 Å². The predicted molar refractivity (Wildman–Crippen MR) is 49.1 cm³/mol. The van der Waals surface area contributed by atoms with Gasteiger partial charge in [0.05, 0.1) is 5.71 Å². The van der Waals surface area contributed by atoms with Crippen molar-refractivity contribution >= 4 is 5.71 Å². The normalized spacial score (nSPS) is 27.3. The number of hydrogen-bond acceptors (Lipinski definition) is 3. The maximum absolute atomic E-state index is 11.8. The summed E-state index contributed by atoms with van der Waals surface area (Å²) in [5, 5.41) is 24.8. The van der Waals surface area contributed by atoms with Gasteiger partial charge in [0.15, 0.2) is 0 Å². The van der Waals surface area contributed by atoms with E-state index in [1.165, 1.54) is 0 Å². The van der Waals surface area contributed by atoms with E-state index in [2.05, 4.69) is 5.16 Å². The number of nitrogens with zero attached hydrogens (tertiary/aromatic N) is 2. The topological polar surface area (TPSA) is 55.7 Å². The van der Waals surface area contributed by atoms with Crippen LogP contribution in [0.5, 0.6) is 0 Å². The van der Waals surface area contributed by atoms with Crippen LogP contribution in [0, 0.1) is 0 Å². The summed E-state index contributed by atoms with van der Waals surface area (Å²) in [5.74, 6) is 0. The highest BCUT2D eigenvalue weighted by Gasteiger charge is 2.44. The fraction of sp³-hybridized carbons (Fsp3) is 0.889. The van der Waals surface area contributed by atoms with Gasteiger partial charge in [0.2, 0.25) is 0 Å². The number of hydroxylamine groups is 2. The van der Waals surface area contributed by atoms with E-state index in [0.717, 1.165) is 5.06 Å². The first-order valence-corrected chi connectivity index (χ1v) is 4.47. The number of rotatable bonds is 0. The summed E-state index contributed by atoms with van der Waals surface area (Å²) in [5.41, 5.74) is -0.228. The molecule has 0 aliphatic carbocycles. The predicted octanol–water partition coefficient (Wildman–Crippen LogP) is 1.82. The lowest BCUT2D eigenvalue weighted by Gasteiger charge is -2.46. The molecular formula is C9H17N2O2. The molecule has 0 amide bonds. The van der Waals surface area contributed by atoms with E-state index in [9.17, 15) is 5.21 Å². The molecule has 0 aromatic carbocycles. The second-order valence-electron chi connectivity index (χ2n) is 4.94. The minimum Gasteiger partial charge on any atom is -0.411 e. The molecule has 0 saturated carbocycles. The lowest BCUT2D eigenvalue weighted by molar-refractivity contribution is -0.273. The second kappa shape index (κ2) is 2.96. The minimum atomic E-state index is -0.469. The third-order valence-corrected chi connectivity index (χ3v) is 2.51. The Morgan fingerprint density at radius 2 is 1.62 bits per heavy atom. The van der Waals surface area contributed by atoms with Crippen molar-refractivity contribution in [2.45, 2.75) is 51.6 Å². The van der Waals surface area contributed by atoms with E-state index in [-0.39, 0.29) is 0 Å². The molecule has 0 aromatic heterocycles. The zero-order valence-corrected chi connectivity index (χ0v) is 8.66. The summed E-state index contributed by atoms with van der Waals surface area (Å²) >= 11 is 0. The number of piperidine rings is 1. The molecule has 75 valence electrons. The summed E-state index contributed by atoms with van der Waals surface area (Å²) in [6.45, 7) is 7.47. The molecule has 1 aliphatic rings. The first-order chi connectivity index (χ1) is 5.79. The lowest BCUT2D eigenvalue weighted by atomic mass is 9.81. The van der Waals surface area contributed by atoms with E-state index < -0.39 is 11.1 Å². The van der Waals surface area contributed by atoms with E-state index in [4.69, 9.17) is 5.21 Å². The molecule has 1 N–H and O–H groups in total. The van der Waals surface area contributed by atoms with Crippen LogP contribution in [0.2, 0.25) is 0 Å². The minimum absolute atomic E-state index is 0.469. The standard InChI is InChI=1S/C9H17N2O2/c1-8(2)5-7(10-12)6-9(3,4)11(8)13/h12H,5-6H2,1-4H3. The van der Waals surface area contributed by atoms with Gasteiger partial charge in [0.25, 0.3) is 0 Å².